The molecule has 0 spiro atoms. The predicted octanol–water partition coefficient (Wildman–Crippen LogP) is 5.33. The Balaban J connectivity index is 2.01. The van der Waals surface area contributed by atoms with Gasteiger partial charge in [0.1, 0.15) is 22.4 Å². The molecular formula is C26H34F3N6O5PS. The fourth-order valence-electron chi connectivity index (χ4n) is 5.12. The molecule has 0 unspecified atom stereocenters. The standard InChI is InChI=1S/C26H34F3N6O5PS/c1-16(2)25(17(3)4,41(36,37)38)19-10-7-11-20(13-19)33-24-32-15-21(26(27,28)29)22(34-24)31-14-18-9-8-12-30-23(18)35(5)42(6,39)40/h7-13,15-17H,14H2,1-6H3,(H2,36,37,38)(H2,31,32,33,34). The van der Waals surface area contributed by atoms with Crippen molar-refractivity contribution in [3.63, 3.8) is 0 Å². The zero-order valence-electron chi connectivity index (χ0n) is 23.9. The highest BCUT2D eigenvalue weighted by Crippen LogP contribution is 2.64. The third-order valence-corrected chi connectivity index (χ3v) is 10.5. The van der Waals surface area contributed by atoms with Crippen LogP contribution < -0.4 is 14.9 Å². The van der Waals surface area contributed by atoms with Gasteiger partial charge < -0.3 is 20.4 Å². The molecule has 0 aliphatic rings. The number of nitrogens with one attached hydrogen (secondary N) is 2. The summed E-state index contributed by atoms with van der Waals surface area (Å²) in [4.78, 5) is 32.7. The van der Waals surface area contributed by atoms with Crippen molar-refractivity contribution in [2.45, 2.75) is 45.6 Å². The van der Waals surface area contributed by atoms with Crippen LogP contribution in [0.4, 0.5) is 36.4 Å². The molecule has 0 radical (unpaired) electrons. The van der Waals surface area contributed by atoms with Crippen molar-refractivity contribution in [1.82, 2.24) is 15.0 Å². The molecule has 0 saturated heterocycles. The van der Waals surface area contributed by atoms with Gasteiger partial charge >= 0.3 is 13.8 Å². The highest BCUT2D eigenvalue weighted by molar-refractivity contribution is 7.92. The Kier molecular flexibility index (Phi) is 9.62. The molecule has 0 atom stereocenters. The first-order chi connectivity index (χ1) is 19.3. The zero-order chi connectivity index (χ0) is 31.7. The van der Waals surface area contributed by atoms with Gasteiger partial charge in [0.05, 0.1) is 6.26 Å². The number of halogens is 3. The van der Waals surface area contributed by atoms with Crippen molar-refractivity contribution in [3.05, 3.63) is 65.5 Å². The topological polar surface area (TPSA) is 158 Å². The number of pyridine rings is 1. The van der Waals surface area contributed by atoms with Crippen LogP contribution in [0, 0.1) is 11.8 Å². The highest BCUT2D eigenvalue weighted by Gasteiger charge is 2.53. The zero-order valence-corrected chi connectivity index (χ0v) is 25.6. The van der Waals surface area contributed by atoms with Crippen molar-refractivity contribution in [3.8, 4) is 0 Å². The summed E-state index contributed by atoms with van der Waals surface area (Å²) in [5.74, 6) is -1.65. The normalized spacial score (nSPS) is 13.0. The Labute approximate surface area is 242 Å². The van der Waals surface area contributed by atoms with Gasteiger partial charge in [-0.2, -0.15) is 18.2 Å². The molecule has 0 fully saturated rings. The van der Waals surface area contributed by atoms with E-state index in [2.05, 4.69) is 25.6 Å². The van der Waals surface area contributed by atoms with E-state index in [4.69, 9.17) is 0 Å². The van der Waals surface area contributed by atoms with E-state index < -0.39 is 52.2 Å². The fourth-order valence-corrected chi connectivity index (χ4v) is 7.42. The van der Waals surface area contributed by atoms with Crippen molar-refractivity contribution in [2.24, 2.45) is 11.8 Å². The maximum atomic E-state index is 13.8. The molecule has 11 nitrogen and oxygen atoms in total. The quantitative estimate of drug-likeness (QED) is 0.204. The minimum atomic E-state index is -4.81. The summed E-state index contributed by atoms with van der Waals surface area (Å²) >= 11 is 0. The molecular weight excluding hydrogens is 596 g/mol. The number of nitrogens with zero attached hydrogens (tertiary/aromatic N) is 4. The van der Waals surface area contributed by atoms with Gasteiger partial charge in [0.2, 0.25) is 16.0 Å². The molecule has 0 amide bonds. The average molecular weight is 631 g/mol. The second kappa shape index (κ2) is 12.2. The first-order valence-electron chi connectivity index (χ1n) is 12.8. The summed E-state index contributed by atoms with van der Waals surface area (Å²) < 4.78 is 79.2. The molecule has 0 aliphatic heterocycles. The van der Waals surface area contributed by atoms with Gasteiger partial charge in [-0.15, -0.1) is 0 Å². The molecule has 3 aromatic rings. The van der Waals surface area contributed by atoms with Crippen LogP contribution in [-0.4, -0.2) is 46.5 Å². The number of sulfonamides is 1. The molecule has 1 aromatic carbocycles. The Hall–Kier alpha value is -3.26. The summed E-state index contributed by atoms with van der Waals surface area (Å²) in [6, 6.07) is 9.32. The largest absolute Gasteiger partial charge is 0.421 e. The van der Waals surface area contributed by atoms with Gasteiger partial charge in [-0.3, -0.25) is 8.87 Å². The smallest absolute Gasteiger partial charge is 0.365 e. The van der Waals surface area contributed by atoms with Gasteiger partial charge in [-0.05, 0) is 35.6 Å². The Morgan fingerprint density at radius 3 is 2.24 bits per heavy atom. The number of aromatic nitrogens is 3. The number of hydrogen-bond donors (Lipinski definition) is 4. The number of anilines is 4. The van der Waals surface area contributed by atoms with Crippen molar-refractivity contribution >= 4 is 40.9 Å². The van der Waals surface area contributed by atoms with E-state index >= 15 is 0 Å². The Morgan fingerprint density at radius 2 is 1.69 bits per heavy atom. The molecule has 230 valence electrons. The number of alkyl halides is 3. The van der Waals surface area contributed by atoms with E-state index in [1.54, 1.807) is 45.9 Å². The number of hydrogen-bond acceptors (Lipinski definition) is 8. The van der Waals surface area contributed by atoms with E-state index in [1.807, 2.05) is 0 Å². The lowest BCUT2D eigenvalue weighted by Gasteiger charge is -2.42. The lowest BCUT2D eigenvalue weighted by atomic mass is 9.78. The van der Waals surface area contributed by atoms with Crippen LogP contribution in [0.25, 0.3) is 0 Å². The van der Waals surface area contributed by atoms with Gasteiger partial charge in [0.15, 0.2) is 0 Å². The molecule has 16 heteroatoms. The molecule has 0 bridgehead atoms. The second-order valence-corrected chi connectivity index (χ2v) is 14.3. The van der Waals surface area contributed by atoms with Crippen LogP contribution in [0.15, 0.2) is 48.8 Å². The van der Waals surface area contributed by atoms with E-state index in [0.29, 0.717) is 23.0 Å². The molecule has 4 N–H and O–H groups in total. The Bertz CT molecular complexity index is 1570. The Morgan fingerprint density at radius 1 is 1.05 bits per heavy atom. The van der Waals surface area contributed by atoms with Crippen molar-refractivity contribution in [2.75, 3.05) is 28.2 Å². The number of rotatable bonds is 11. The summed E-state index contributed by atoms with van der Waals surface area (Å²) in [6.07, 6.45) is -1.86. The van der Waals surface area contributed by atoms with Crippen LogP contribution in [-0.2, 0) is 32.5 Å². The van der Waals surface area contributed by atoms with E-state index in [9.17, 15) is 35.9 Å². The third-order valence-electron chi connectivity index (χ3n) is 7.03. The van der Waals surface area contributed by atoms with Gasteiger partial charge in [-0.25, -0.2) is 18.4 Å². The van der Waals surface area contributed by atoms with Crippen LogP contribution >= 0.6 is 7.60 Å². The van der Waals surface area contributed by atoms with E-state index in [0.717, 1.165) is 10.6 Å². The molecule has 3 rings (SSSR count). The summed E-state index contributed by atoms with van der Waals surface area (Å²) in [5.41, 5.74) is -0.184. The molecule has 0 aliphatic carbocycles. The van der Waals surface area contributed by atoms with E-state index in [-0.39, 0.29) is 18.3 Å². The van der Waals surface area contributed by atoms with Gasteiger partial charge in [-0.1, -0.05) is 45.9 Å². The van der Waals surface area contributed by atoms with Gasteiger partial charge in [0, 0.05) is 37.2 Å². The summed E-state index contributed by atoms with van der Waals surface area (Å²) in [6.45, 7) is 6.63. The maximum absolute atomic E-state index is 13.8. The lowest BCUT2D eigenvalue weighted by Crippen LogP contribution is -2.37. The van der Waals surface area contributed by atoms with Crippen LogP contribution in [0.5, 0.6) is 0 Å². The fraction of sp³-hybridized carbons (Fsp3) is 0.423. The molecule has 42 heavy (non-hydrogen) atoms. The first kappa shape index (κ1) is 33.2. The van der Waals surface area contributed by atoms with Gasteiger partial charge in [0.25, 0.3) is 0 Å². The van der Waals surface area contributed by atoms with Crippen molar-refractivity contribution < 1.29 is 35.9 Å². The molecule has 0 saturated carbocycles. The van der Waals surface area contributed by atoms with E-state index in [1.165, 1.54) is 31.4 Å². The third kappa shape index (κ3) is 6.86. The average Bonchev–Trinajstić information content (AvgIpc) is 2.85. The minimum absolute atomic E-state index is 0.0362. The van der Waals surface area contributed by atoms with Crippen molar-refractivity contribution in [1.29, 1.82) is 0 Å². The van der Waals surface area contributed by atoms with Crippen LogP contribution in [0.3, 0.4) is 0 Å². The van der Waals surface area contributed by atoms with Crippen LogP contribution in [0.1, 0.15) is 44.4 Å². The van der Waals surface area contributed by atoms with Crippen LogP contribution in [0.2, 0.25) is 0 Å². The summed E-state index contributed by atoms with van der Waals surface area (Å²) in [7, 11) is -7.09. The molecule has 2 aromatic heterocycles. The highest BCUT2D eigenvalue weighted by atomic mass is 32.2. The second-order valence-electron chi connectivity index (χ2n) is 10.4. The minimum Gasteiger partial charge on any atom is -0.365 e. The first-order valence-corrected chi connectivity index (χ1v) is 16.2. The number of benzene rings is 1. The SMILES string of the molecule is CC(C)C(c1cccc(Nc2ncc(C(F)(F)F)c(NCc3cccnc3N(C)S(C)(=O)=O)n2)c1)(C(C)C)P(=O)(O)O. The predicted molar refractivity (Wildman–Crippen MR) is 155 cm³/mol. The monoisotopic (exact) mass is 630 g/mol. The lowest BCUT2D eigenvalue weighted by molar-refractivity contribution is -0.137. The summed E-state index contributed by atoms with van der Waals surface area (Å²) in [5, 5.41) is 3.93. The molecule has 2 heterocycles. The maximum Gasteiger partial charge on any atom is 0.421 e.